The number of fused-ring (bicyclic) bond motifs is 1. The molecule has 3 heterocycles. The Hall–Kier alpha value is -3.43. The van der Waals surface area contributed by atoms with Gasteiger partial charge < -0.3 is 9.26 Å². The molecule has 0 amide bonds. The number of ether oxygens (including phenoxy) is 1. The van der Waals surface area contributed by atoms with Crippen LogP contribution >= 0.6 is 0 Å². The zero-order valence-electron chi connectivity index (χ0n) is 17.1. The summed E-state index contributed by atoms with van der Waals surface area (Å²) in [5.74, 6) is -0.213. The number of alkyl halides is 3. The van der Waals surface area contributed by atoms with Crippen LogP contribution < -0.4 is 0 Å². The van der Waals surface area contributed by atoms with Gasteiger partial charge in [0.2, 0.25) is 0 Å². The van der Waals surface area contributed by atoms with Crippen molar-refractivity contribution in [2.45, 2.75) is 40.0 Å². The Morgan fingerprint density at radius 2 is 2.03 bits per heavy atom. The summed E-state index contributed by atoms with van der Waals surface area (Å²) < 4.78 is 52.5. The van der Waals surface area contributed by atoms with E-state index in [0.717, 1.165) is 12.1 Å². The first-order chi connectivity index (χ1) is 14.7. The molecule has 162 valence electrons. The predicted molar refractivity (Wildman–Crippen MR) is 105 cm³/mol. The second kappa shape index (κ2) is 7.68. The van der Waals surface area contributed by atoms with Crippen LogP contribution in [0.25, 0.3) is 11.1 Å². The standard InChI is InChI=1S/C21H19F3N4O3/c1-4-30-20(29)19-18(12(3)28(26-19)10-15-5-11(2)27-31-15)16-7-14(21(22,23)24)6-13-8-25-9-17(13)16/h5-7,9H,4,8,10H2,1-3H3. The second-order valence-electron chi connectivity index (χ2n) is 7.19. The highest BCUT2D eigenvalue weighted by molar-refractivity contribution is 6.01. The Morgan fingerprint density at radius 1 is 1.26 bits per heavy atom. The maximum atomic E-state index is 13.6. The van der Waals surface area contributed by atoms with Crippen LogP contribution in [0.1, 0.15) is 51.3 Å². The maximum Gasteiger partial charge on any atom is 0.416 e. The van der Waals surface area contributed by atoms with Gasteiger partial charge in [0.15, 0.2) is 11.5 Å². The molecule has 0 fully saturated rings. The summed E-state index contributed by atoms with van der Waals surface area (Å²) in [5, 5.41) is 8.19. The van der Waals surface area contributed by atoms with Gasteiger partial charge in [-0.05, 0) is 44.0 Å². The van der Waals surface area contributed by atoms with Gasteiger partial charge in [0.25, 0.3) is 0 Å². The fourth-order valence-electron chi connectivity index (χ4n) is 3.61. The molecule has 2 aromatic heterocycles. The maximum absolute atomic E-state index is 13.6. The number of aromatic nitrogens is 3. The average molecular weight is 432 g/mol. The molecule has 10 heteroatoms. The van der Waals surface area contributed by atoms with Gasteiger partial charge in [-0.1, -0.05) is 5.16 Å². The fraction of sp³-hybridized carbons (Fsp3) is 0.333. The number of halogens is 3. The van der Waals surface area contributed by atoms with E-state index in [1.165, 1.54) is 10.9 Å². The van der Waals surface area contributed by atoms with Crippen LogP contribution in [0.15, 0.2) is 27.7 Å². The number of carbonyl (C=O) groups excluding carboxylic acids is 1. The van der Waals surface area contributed by atoms with E-state index in [4.69, 9.17) is 9.26 Å². The number of rotatable bonds is 5. The minimum atomic E-state index is -4.54. The third kappa shape index (κ3) is 3.85. The number of benzene rings is 1. The molecule has 3 aromatic rings. The molecule has 0 unspecified atom stereocenters. The first-order valence-electron chi connectivity index (χ1n) is 9.60. The van der Waals surface area contributed by atoms with Crippen molar-refractivity contribution in [1.82, 2.24) is 14.9 Å². The summed E-state index contributed by atoms with van der Waals surface area (Å²) >= 11 is 0. The van der Waals surface area contributed by atoms with Crippen LogP contribution in [0.3, 0.4) is 0 Å². The van der Waals surface area contributed by atoms with E-state index < -0.39 is 17.7 Å². The molecule has 7 nitrogen and oxygen atoms in total. The molecule has 1 aromatic carbocycles. The normalized spacial score (nSPS) is 13.0. The SMILES string of the molecule is CCOC(=O)c1nn(Cc2cc(C)no2)c(C)c1-c1cc(C(F)(F)F)cc2c1C=NC2. The van der Waals surface area contributed by atoms with E-state index in [2.05, 4.69) is 15.2 Å². The van der Waals surface area contributed by atoms with Gasteiger partial charge in [0, 0.05) is 29.1 Å². The topological polar surface area (TPSA) is 82.5 Å². The summed E-state index contributed by atoms with van der Waals surface area (Å²) in [5.41, 5.74) is 1.82. The summed E-state index contributed by atoms with van der Waals surface area (Å²) in [7, 11) is 0. The molecule has 0 saturated heterocycles. The van der Waals surface area contributed by atoms with Gasteiger partial charge >= 0.3 is 12.1 Å². The van der Waals surface area contributed by atoms with Crippen molar-refractivity contribution >= 4 is 12.2 Å². The molecule has 0 aliphatic carbocycles. The Bertz CT molecular complexity index is 1190. The lowest BCUT2D eigenvalue weighted by Gasteiger charge is -2.14. The van der Waals surface area contributed by atoms with E-state index in [1.807, 2.05) is 0 Å². The van der Waals surface area contributed by atoms with E-state index in [9.17, 15) is 18.0 Å². The van der Waals surface area contributed by atoms with Gasteiger partial charge in [-0.2, -0.15) is 18.3 Å². The highest BCUT2D eigenvalue weighted by atomic mass is 19.4. The highest BCUT2D eigenvalue weighted by Crippen LogP contribution is 2.39. The zero-order valence-corrected chi connectivity index (χ0v) is 17.1. The molecule has 31 heavy (non-hydrogen) atoms. The first kappa shape index (κ1) is 20.8. The summed E-state index contributed by atoms with van der Waals surface area (Å²) in [4.78, 5) is 16.8. The molecule has 1 aliphatic rings. The van der Waals surface area contributed by atoms with Crippen LogP contribution in [0, 0.1) is 13.8 Å². The molecule has 1 aliphatic heterocycles. The van der Waals surface area contributed by atoms with Gasteiger partial charge in [0.1, 0.15) is 6.54 Å². The summed E-state index contributed by atoms with van der Waals surface area (Å²) in [6, 6.07) is 3.85. The van der Waals surface area contributed by atoms with Crippen molar-refractivity contribution in [1.29, 1.82) is 0 Å². The number of aryl methyl sites for hydroxylation is 1. The number of nitrogens with zero attached hydrogens (tertiary/aromatic N) is 4. The molecule has 0 saturated carbocycles. The van der Waals surface area contributed by atoms with Crippen molar-refractivity contribution in [3.05, 3.63) is 57.7 Å². The zero-order chi connectivity index (χ0) is 22.3. The van der Waals surface area contributed by atoms with Crippen molar-refractivity contribution in [2.75, 3.05) is 6.61 Å². The second-order valence-corrected chi connectivity index (χ2v) is 7.19. The molecule has 4 rings (SSSR count). The van der Waals surface area contributed by atoms with Gasteiger partial charge in [-0.15, -0.1) is 0 Å². The summed E-state index contributed by atoms with van der Waals surface area (Å²) in [6.07, 6.45) is -3.02. The van der Waals surface area contributed by atoms with E-state index in [-0.39, 0.29) is 36.5 Å². The van der Waals surface area contributed by atoms with Crippen LogP contribution in [-0.4, -0.2) is 33.7 Å². The summed E-state index contributed by atoms with van der Waals surface area (Å²) in [6.45, 7) is 5.51. The number of aliphatic imine (C=N–C) groups is 1. The fourth-order valence-corrected chi connectivity index (χ4v) is 3.61. The third-order valence-corrected chi connectivity index (χ3v) is 5.00. The molecule has 0 atom stereocenters. The van der Waals surface area contributed by atoms with Gasteiger partial charge in [0.05, 0.1) is 24.4 Å². The molecular weight excluding hydrogens is 413 g/mol. The monoisotopic (exact) mass is 432 g/mol. The van der Waals surface area contributed by atoms with Crippen molar-refractivity contribution in [2.24, 2.45) is 4.99 Å². The third-order valence-electron chi connectivity index (χ3n) is 5.00. The molecule has 0 spiro atoms. The van der Waals surface area contributed by atoms with Crippen LogP contribution in [0.4, 0.5) is 13.2 Å². The number of esters is 1. The molecule has 0 radical (unpaired) electrons. The Kier molecular flexibility index (Phi) is 5.16. The number of hydrogen-bond acceptors (Lipinski definition) is 6. The van der Waals surface area contributed by atoms with E-state index >= 15 is 0 Å². The average Bonchev–Trinajstić information content (AvgIpc) is 3.40. The minimum absolute atomic E-state index is 0.0580. The highest BCUT2D eigenvalue weighted by Gasteiger charge is 2.34. The first-order valence-corrected chi connectivity index (χ1v) is 9.60. The van der Waals surface area contributed by atoms with E-state index in [0.29, 0.717) is 28.3 Å². The lowest BCUT2D eigenvalue weighted by atomic mass is 9.92. The van der Waals surface area contributed by atoms with Crippen LogP contribution in [0.2, 0.25) is 0 Å². The molecule has 0 bridgehead atoms. The smallest absolute Gasteiger partial charge is 0.416 e. The van der Waals surface area contributed by atoms with E-state index in [1.54, 1.807) is 26.8 Å². The minimum Gasteiger partial charge on any atom is -0.461 e. The quantitative estimate of drug-likeness (QED) is 0.561. The lowest BCUT2D eigenvalue weighted by Crippen LogP contribution is -2.10. The molecular formula is C21H19F3N4O3. The van der Waals surface area contributed by atoms with Gasteiger partial charge in [-0.3, -0.25) is 9.67 Å². The Labute approximate surface area is 175 Å². The number of carbonyl (C=O) groups is 1. The Balaban J connectivity index is 1.92. The lowest BCUT2D eigenvalue weighted by molar-refractivity contribution is -0.137. The van der Waals surface area contributed by atoms with Crippen LogP contribution in [0.5, 0.6) is 0 Å². The van der Waals surface area contributed by atoms with Crippen molar-refractivity contribution in [3.63, 3.8) is 0 Å². The number of hydrogen-bond donors (Lipinski definition) is 0. The van der Waals surface area contributed by atoms with Crippen LogP contribution in [-0.2, 0) is 24.0 Å². The van der Waals surface area contributed by atoms with Gasteiger partial charge in [-0.25, -0.2) is 4.79 Å². The predicted octanol–water partition coefficient (Wildman–Crippen LogP) is 4.33. The Morgan fingerprint density at radius 3 is 2.68 bits per heavy atom. The largest absolute Gasteiger partial charge is 0.461 e. The van der Waals surface area contributed by atoms with Crippen molar-refractivity contribution < 1.29 is 27.2 Å². The van der Waals surface area contributed by atoms with Crippen molar-refractivity contribution in [3.8, 4) is 11.1 Å². The molecule has 0 N–H and O–H groups in total.